The van der Waals surface area contributed by atoms with Gasteiger partial charge in [0.2, 0.25) is 0 Å². The minimum Gasteiger partial charge on any atom is -0.493 e. The van der Waals surface area contributed by atoms with E-state index in [2.05, 4.69) is 0 Å². The SMILES string of the molecule is Cc1ccc(OCCC(C)(N)CO)cc1F. The van der Waals surface area contributed by atoms with Crippen LogP contribution in [0, 0.1) is 12.7 Å². The summed E-state index contributed by atoms with van der Waals surface area (Å²) in [5.74, 6) is 0.201. The van der Waals surface area contributed by atoms with Crippen LogP contribution >= 0.6 is 0 Å². The van der Waals surface area contributed by atoms with E-state index in [0.717, 1.165) is 0 Å². The monoisotopic (exact) mass is 227 g/mol. The van der Waals surface area contributed by atoms with Crippen LogP contribution in [0.15, 0.2) is 18.2 Å². The Morgan fingerprint density at radius 2 is 2.19 bits per heavy atom. The summed E-state index contributed by atoms with van der Waals surface area (Å²) in [6.45, 7) is 3.70. The Hall–Kier alpha value is -1.13. The molecule has 1 unspecified atom stereocenters. The average Bonchev–Trinajstić information content (AvgIpc) is 2.23. The number of hydrogen-bond donors (Lipinski definition) is 2. The van der Waals surface area contributed by atoms with E-state index < -0.39 is 5.54 Å². The minimum atomic E-state index is -0.650. The molecule has 1 aromatic carbocycles. The molecule has 1 rings (SSSR count). The molecule has 1 atom stereocenters. The van der Waals surface area contributed by atoms with Gasteiger partial charge in [-0.3, -0.25) is 0 Å². The lowest BCUT2D eigenvalue weighted by Crippen LogP contribution is -2.41. The van der Waals surface area contributed by atoms with Gasteiger partial charge in [0.25, 0.3) is 0 Å². The Morgan fingerprint density at radius 3 is 2.75 bits per heavy atom. The third-order valence-electron chi connectivity index (χ3n) is 2.45. The van der Waals surface area contributed by atoms with Crippen LogP contribution in [0.5, 0.6) is 5.75 Å². The number of nitrogens with two attached hydrogens (primary N) is 1. The van der Waals surface area contributed by atoms with Gasteiger partial charge in [0.15, 0.2) is 0 Å². The standard InChI is InChI=1S/C12H18FNO2/c1-9-3-4-10(7-11(9)13)16-6-5-12(2,14)8-15/h3-4,7,15H,5-6,8,14H2,1-2H3. The Labute approximate surface area is 95.0 Å². The molecular formula is C12H18FNO2. The smallest absolute Gasteiger partial charge is 0.129 e. The molecule has 3 N–H and O–H groups in total. The van der Waals surface area contributed by atoms with Crippen molar-refractivity contribution in [1.82, 2.24) is 0 Å². The maximum Gasteiger partial charge on any atom is 0.129 e. The molecule has 1 aromatic rings. The third kappa shape index (κ3) is 3.79. The fourth-order valence-electron chi connectivity index (χ4n) is 1.14. The van der Waals surface area contributed by atoms with Gasteiger partial charge in [-0.25, -0.2) is 4.39 Å². The van der Waals surface area contributed by atoms with Crippen molar-refractivity contribution in [2.75, 3.05) is 13.2 Å². The second kappa shape index (κ2) is 5.27. The number of halogens is 1. The second-order valence-corrected chi connectivity index (χ2v) is 4.32. The zero-order chi connectivity index (χ0) is 12.2. The first-order valence-corrected chi connectivity index (χ1v) is 5.23. The molecule has 0 aliphatic carbocycles. The summed E-state index contributed by atoms with van der Waals surface area (Å²) in [5, 5.41) is 8.93. The van der Waals surface area contributed by atoms with Gasteiger partial charge >= 0.3 is 0 Å². The van der Waals surface area contributed by atoms with Gasteiger partial charge in [-0.15, -0.1) is 0 Å². The Bertz CT molecular complexity index is 353. The summed E-state index contributed by atoms with van der Waals surface area (Å²) in [6, 6.07) is 4.73. The van der Waals surface area contributed by atoms with E-state index >= 15 is 0 Å². The van der Waals surface area contributed by atoms with Crippen LogP contribution in [0.1, 0.15) is 18.9 Å². The quantitative estimate of drug-likeness (QED) is 0.803. The number of aliphatic hydroxyl groups excluding tert-OH is 1. The molecule has 0 saturated heterocycles. The number of benzene rings is 1. The minimum absolute atomic E-state index is 0.0986. The summed E-state index contributed by atoms with van der Waals surface area (Å²) < 4.78 is 18.5. The summed E-state index contributed by atoms with van der Waals surface area (Å²) in [5.41, 5.74) is 5.67. The molecule has 0 spiro atoms. The molecule has 0 aromatic heterocycles. The van der Waals surface area contributed by atoms with Gasteiger partial charge in [0.05, 0.1) is 13.2 Å². The van der Waals surface area contributed by atoms with Crippen LogP contribution in [0.25, 0.3) is 0 Å². The third-order valence-corrected chi connectivity index (χ3v) is 2.45. The number of aliphatic hydroxyl groups is 1. The highest BCUT2D eigenvalue weighted by molar-refractivity contribution is 5.27. The van der Waals surface area contributed by atoms with Crippen molar-refractivity contribution in [3.8, 4) is 5.75 Å². The molecule has 0 aliphatic rings. The van der Waals surface area contributed by atoms with Crippen molar-refractivity contribution >= 4 is 0 Å². The van der Waals surface area contributed by atoms with Crippen molar-refractivity contribution in [2.24, 2.45) is 5.73 Å². The van der Waals surface area contributed by atoms with Crippen LogP contribution < -0.4 is 10.5 Å². The number of hydrogen-bond acceptors (Lipinski definition) is 3. The van der Waals surface area contributed by atoms with Gasteiger partial charge in [0.1, 0.15) is 11.6 Å². The van der Waals surface area contributed by atoms with Crippen LogP contribution in [-0.2, 0) is 0 Å². The van der Waals surface area contributed by atoms with E-state index in [4.69, 9.17) is 15.6 Å². The zero-order valence-electron chi connectivity index (χ0n) is 9.66. The van der Waals surface area contributed by atoms with Crippen molar-refractivity contribution in [3.63, 3.8) is 0 Å². The summed E-state index contributed by atoms with van der Waals surface area (Å²) in [7, 11) is 0. The van der Waals surface area contributed by atoms with Crippen LogP contribution in [-0.4, -0.2) is 23.9 Å². The lowest BCUT2D eigenvalue weighted by molar-refractivity contribution is 0.175. The van der Waals surface area contributed by atoms with E-state index in [1.54, 1.807) is 26.0 Å². The van der Waals surface area contributed by atoms with E-state index in [1.165, 1.54) is 6.07 Å². The summed E-state index contributed by atoms with van der Waals surface area (Å²) in [4.78, 5) is 0. The zero-order valence-corrected chi connectivity index (χ0v) is 9.66. The first kappa shape index (κ1) is 12.9. The highest BCUT2D eigenvalue weighted by Crippen LogP contribution is 2.16. The Balaban J connectivity index is 2.46. The maximum atomic E-state index is 13.2. The van der Waals surface area contributed by atoms with Crippen molar-refractivity contribution in [2.45, 2.75) is 25.8 Å². The van der Waals surface area contributed by atoms with Gasteiger partial charge in [-0.2, -0.15) is 0 Å². The second-order valence-electron chi connectivity index (χ2n) is 4.32. The Morgan fingerprint density at radius 1 is 1.50 bits per heavy atom. The van der Waals surface area contributed by atoms with Crippen LogP contribution in [0.2, 0.25) is 0 Å². The Kier molecular flexibility index (Phi) is 4.26. The lowest BCUT2D eigenvalue weighted by atomic mass is 10.0. The first-order valence-electron chi connectivity index (χ1n) is 5.23. The predicted molar refractivity (Wildman–Crippen MR) is 60.9 cm³/mol. The van der Waals surface area contributed by atoms with Crippen LogP contribution in [0.4, 0.5) is 4.39 Å². The average molecular weight is 227 g/mol. The lowest BCUT2D eigenvalue weighted by Gasteiger charge is -2.21. The molecule has 90 valence electrons. The summed E-state index contributed by atoms with van der Waals surface area (Å²) >= 11 is 0. The van der Waals surface area contributed by atoms with Crippen LogP contribution in [0.3, 0.4) is 0 Å². The predicted octanol–water partition coefficient (Wildman–Crippen LogP) is 1.61. The summed E-state index contributed by atoms with van der Waals surface area (Å²) in [6.07, 6.45) is 0.513. The molecular weight excluding hydrogens is 209 g/mol. The first-order chi connectivity index (χ1) is 7.44. The van der Waals surface area contributed by atoms with Gasteiger partial charge in [0, 0.05) is 18.0 Å². The van der Waals surface area contributed by atoms with E-state index in [1.807, 2.05) is 0 Å². The topological polar surface area (TPSA) is 55.5 Å². The molecule has 0 amide bonds. The molecule has 0 aliphatic heterocycles. The van der Waals surface area contributed by atoms with Crippen molar-refractivity contribution in [3.05, 3.63) is 29.6 Å². The van der Waals surface area contributed by atoms with Crippen molar-refractivity contribution < 1.29 is 14.2 Å². The van der Waals surface area contributed by atoms with E-state index in [0.29, 0.717) is 24.3 Å². The maximum absolute atomic E-state index is 13.2. The highest BCUT2D eigenvalue weighted by Gasteiger charge is 2.16. The van der Waals surface area contributed by atoms with E-state index in [-0.39, 0.29) is 12.4 Å². The molecule has 0 heterocycles. The van der Waals surface area contributed by atoms with Gasteiger partial charge in [-0.05, 0) is 25.5 Å². The fraction of sp³-hybridized carbons (Fsp3) is 0.500. The molecule has 16 heavy (non-hydrogen) atoms. The highest BCUT2D eigenvalue weighted by atomic mass is 19.1. The van der Waals surface area contributed by atoms with Gasteiger partial charge in [-0.1, -0.05) is 6.07 Å². The molecule has 0 fully saturated rings. The molecule has 0 radical (unpaired) electrons. The van der Waals surface area contributed by atoms with Crippen molar-refractivity contribution in [1.29, 1.82) is 0 Å². The molecule has 4 heteroatoms. The number of ether oxygens (including phenoxy) is 1. The number of rotatable bonds is 5. The fourth-order valence-corrected chi connectivity index (χ4v) is 1.14. The van der Waals surface area contributed by atoms with E-state index in [9.17, 15) is 4.39 Å². The largest absolute Gasteiger partial charge is 0.493 e. The normalized spacial score (nSPS) is 14.6. The van der Waals surface area contributed by atoms with Gasteiger partial charge < -0.3 is 15.6 Å². The molecule has 0 bridgehead atoms. The molecule has 3 nitrogen and oxygen atoms in total. The number of aryl methyl sites for hydroxylation is 1. The molecule has 0 saturated carbocycles.